The summed E-state index contributed by atoms with van der Waals surface area (Å²) in [5, 5.41) is 4.29. The Kier molecular flexibility index (Phi) is 2.74. The number of aromatic nitrogens is 2. The van der Waals surface area contributed by atoms with Crippen LogP contribution in [0.2, 0.25) is 0 Å². The largest absolute Gasteiger partial charge is 0.493 e. The standard InChI is InChI=1S/C9H16N2O/c1-5-6-8-9(12-4)7(2)10-11(8)3/h5-6H2,1-4H3. The average Bonchev–Trinajstić information content (AvgIpc) is 2.28. The highest BCUT2D eigenvalue weighted by Crippen LogP contribution is 2.22. The fraction of sp³-hybridized carbons (Fsp3) is 0.667. The van der Waals surface area contributed by atoms with E-state index in [1.165, 1.54) is 5.69 Å². The predicted octanol–water partition coefficient (Wildman–Crippen LogP) is 1.69. The van der Waals surface area contributed by atoms with E-state index in [0.717, 1.165) is 24.3 Å². The zero-order chi connectivity index (χ0) is 9.14. The lowest BCUT2D eigenvalue weighted by Crippen LogP contribution is -1.98. The van der Waals surface area contributed by atoms with Crippen molar-refractivity contribution in [3.8, 4) is 5.75 Å². The van der Waals surface area contributed by atoms with Gasteiger partial charge in [0, 0.05) is 7.05 Å². The van der Waals surface area contributed by atoms with Crippen LogP contribution in [0.15, 0.2) is 0 Å². The van der Waals surface area contributed by atoms with Crippen LogP contribution in [-0.4, -0.2) is 16.9 Å². The molecule has 0 N–H and O–H groups in total. The molecule has 68 valence electrons. The van der Waals surface area contributed by atoms with Crippen LogP contribution in [0.1, 0.15) is 24.7 Å². The average molecular weight is 168 g/mol. The quantitative estimate of drug-likeness (QED) is 0.686. The molecule has 1 rings (SSSR count). The molecule has 0 spiro atoms. The molecular formula is C9H16N2O. The van der Waals surface area contributed by atoms with Crippen LogP contribution in [0, 0.1) is 6.92 Å². The molecule has 3 heteroatoms. The fourth-order valence-electron chi connectivity index (χ4n) is 1.46. The topological polar surface area (TPSA) is 27.1 Å². The molecule has 1 aromatic heterocycles. The first-order chi connectivity index (χ1) is 5.70. The van der Waals surface area contributed by atoms with Gasteiger partial charge in [0.05, 0.1) is 12.8 Å². The second kappa shape index (κ2) is 3.61. The third kappa shape index (κ3) is 1.44. The molecule has 0 radical (unpaired) electrons. The van der Waals surface area contributed by atoms with Crippen LogP contribution in [0.4, 0.5) is 0 Å². The third-order valence-corrected chi connectivity index (χ3v) is 1.97. The molecule has 0 aromatic carbocycles. The summed E-state index contributed by atoms with van der Waals surface area (Å²) < 4.78 is 7.17. The zero-order valence-electron chi connectivity index (χ0n) is 8.22. The smallest absolute Gasteiger partial charge is 0.162 e. The van der Waals surface area contributed by atoms with E-state index in [0.29, 0.717) is 0 Å². The van der Waals surface area contributed by atoms with Gasteiger partial charge in [-0.1, -0.05) is 13.3 Å². The molecule has 0 fully saturated rings. The molecule has 12 heavy (non-hydrogen) atoms. The van der Waals surface area contributed by atoms with Crippen LogP contribution >= 0.6 is 0 Å². The third-order valence-electron chi connectivity index (χ3n) is 1.97. The number of hydrogen-bond donors (Lipinski definition) is 0. The van der Waals surface area contributed by atoms with Gasteiger partial charge < -0.3 is 4.74 Å². The molecule has 0 aliphatic heterocycles. The fourth-order valence-corrected chi connectivity index (χ4v) is 1.46. The maximum Gasteiger partial charge on any atom is 0.162 e. The van der Waals surface area contributed by atoms with Gasteiger partial charge in [0.25, 0.3) is 0 Å². The summed E-state index contributed by atoms with van der Waals surface area (Å²) in [4.78, 5) is 0. The van der Waals surface area contributed by atoms with E-state index in [9.17, 15) is 0 Å². The molecule has 1 aromatic rings. The molecule has 0 amide bonds. The molecular weight excluding hydrogens is 152 g/mol. The van der Waals surface area contributed by atoms with Gasteiger partial charge in [-0.05, 0) is 13.3 Å². The van der Waals surface area contributed by atoms with E-state index < -0.39 is 0 Å². The van der Waals surface area contributed by atoms with E-state index in [2.05, 4.69) is 12.0 Å². The maximum atomic E-state index is 5.27. The number of aryl methyl sites for hydroxylation is 2. The number of ether oxygens (including phenoxy) is 1. The number of nitrogens with zero attached hydrogens (tertiary/aromatic N) is 2. The van der Waals surface area contributed by atoms with E-state index >= 15 is 0 Å². The summed E-state index contributed by atoms with van der Waals surface area (Å²) in [7, 11) is 3.66. The van der Waals surface area contributed by atoms with Crippen molar-refractivity contribution in [1.29, 1.82) is 0 Å². The maximum absolute atomic E-state index is 5.27. The lowest BCUT2D eigenvalue weighted by molar-refractivity contribution is 0.405. The van der Waals surface area contributed by atoms with E-state index in [-0.39, 0.29) is 0 Å². The minimum Gasteiger partial charge on any atom is -0.493 e. The Morgan fingerprint density at radius 2 is 2.17 bits per heavy atom. The van der Waals surface area contributed by atoms with Crippen molar-refractivity contribution in [2.75, 3.05) is 7.11 Å². The molecule has 0 unspecified atom stereocenters. The Hall–Kier alpha value is -0.990. The second-order valence-corrected chi connectivity index (χ2v) is 2.94. The summed E-state index contributed by atoms with van der Waals surface area (Å²) in [5.74, 6) is 0.944. The predicted molar refractivity (Wildman–Crippen MR) is 48.5 cm³/mol. The summed E-state index contributed by atoms with van der Waals surface area (Å²) >= 11 is 0. The highest BCUT2D eigenvalue weighted by atomic mass is 16.5. The number of methoxy groups -OCH3 is 1. The molecule has 0 bridgehead atoms. The molecule has 0 aliphatic rings. The van der Waals surface area contributed by atoms with Crippen LogP contribution in [0.25, 0.3) is 0 Å². The minimum atomic E-state index is 0.944. The van der Waals surface area contributed by atoms with Gasteiger partial charge in [0.1, 0.15) is 5.69 Å². The van der Waals surface area contributed by atoms with Crippen LogP contribution < -0.4 is 4.74 Å². The van der Waals surface area contributed by atoms with Gasteiger partial charge in [-0.15, -0.1) is 0 Å². The van der Waals surface area contributed by atoms with Crippen molar-refractivity contribution in [3.05, 3.63) is 11.4 Å². The Bertz CT molecular complexity index is 266. The van der Waals surface area contributed by atoms with Crippen molar-refractivity contribution in [3.63, 3.8) is 0 Å². The van der Waals surface area contributed by atoms with E-state index in [1.807, 2.05) is 18.7 Å². The first-order valence-electron chi connectivity index (χ1n) is 4.27. The molecule has 1 heterocycles. The highest BCUT2D eigenvalue weighted by molar-refractivity contribution is 5.32. The van der Waals surface area contributed by atoms with E-state index in [1.54, 1.807) is 7.11 Å². The van der Waals surface area contributed by atoms with Crippen molar-refractivity contribution >= 4 is 0 Å². The lowest BCUT2D eigenvalue weighted by Gasteiger charge is -2.02. The first kappa shape index (κ1) is 9.10. The van der Waals surface area contributed by atoms with Crippen molar-refractivity contribution < 1.29 is 4.74 Å². The molecule has 0 aliphatic carbocycles. The molecule has 0 saturated carbocycles. The van der Waals surface area contributed by atoms with Crippen molar-refractivity contribution in [1.82, 2.24) is 9.78 Å². The Morgan fingerprint density at radius 3 is 2.67 bits per heavy atom. The molecule has 0 saturated heterocycles. The summed E-state index contributed by atoms with van der Waals surface area (Å²) in [5.41, 5.74) is 2.17. The van der Waals surface area contributed by atoms with Crippen LogP contribution in [0.3, 0.4) is 0 Å². The normalized spacial score (nSPS) is 10.3. The summed E-state index contributed by atoms with van der Waals surface area (Å²) in [6.07, 6.45) is 2.15. The van der Waals surface area contributed by atoms with Crippen molar-refractivity contribution in [2.45, 2.75) is 26.7 Å². The lowest BCUT2D eigenvalue weighted by atomic mass is 10.2. The van der Waals surface area contributed by atoms with Gasteiger partial charge in [0.15, 0.2) is 5.75 Å². The Balaban J connectivity index is 3.04. The Morgan fingerprint density at radius 1 is 1.50 bits per heavy atom. The van der Waals surface area contributed by atoms with Crippen LogP contribution in [-0.2, 0) is 13.5 Å². The first-order valence-corrected chi connectivity index (χ1v) is 4.27. The summed E-state index contributed by atoms with van der Waals surface area (Å²) in [6, 6.07) is 0. The molecule has 0 atom stereocenters. The van der Waals surface area contributed by atoms with Gasteiger partial charge in [-0.2, -0.15) is 5.10 Å². The van der Waals surface area contributed by atoms with Crippen molar-refractivity contribution in [2.24, 2.45) is 7.05 Å². The zero-order valence-corrected chi connectivity index (χ0v) is 8.22. The van der Waals surface area contributed by atoms with Gasteiger partial charge in [0.2, 0.25) is 0 Å². The minimum absolute atomic E-state index is 0.944. The van der Waals surface area contributed by atoms with Gasteiger partial charge in [-0.3, -0.25) is 4.68 Å². The summed E-state index contributed by atoms with van der Waals surface area (Å²) in [6.45, 7) is 4.12. The van der Waals surface area contributed by atoms with Gasteiger partial charge in [-0.25, -0.2) is 0 Å². The van der Waals surface area contributed by atoms with Crippen LogP contribution in [0.5, 0.6) is 5.75 Å². The number of hydrogen-bond acceptors (Lipinski definition) is 2. The molecule has 3 nitrogen and oxygen atoms in total. The Labute approximate surface area is 73.3 Å². The number of rotatable bonds is 3. The van der Waals surface area contributed by atoms with Gasteiger partial charge >= 0.3 is 0 Å². The highest BCUT2D eigenvalue weighted by Gasteiger charge is 2.11. The second-order valence-electron chi connectivity index (χ2n) is 2.94. The SMILES string of the molecule is CCCc1c(OC)c(C)nn1C. The monoisotopic (exact) mass is 168 g/mol. The van der Waals surface area contributed by atoms with E-state index in [4.69, 9.17) is 4.74 Å².